The molecule has 0 aliphatic rings. The number of hydrogen-bond acceptors (Lipinski definition) is 3. The van der Waals surface area contributed by atoms with Gasteiger partial charge in [0.15, 0.2) is 0 Å². The van der Waals surface area contributed by atoms with Crippen LogP contribution >= 0.6 is 0 Å². The third-order valence-corrected chi connectivity index (χ3v) is 2.84. The standard InChI is InChI=1S/C10H10O3S.Na.H/c1-3-9-5-7-10(8-6-9)14(11,12)13-4-2;;/h3-8H,1-2H2;;. The van der Waals surface area contributed by atoms with Gasteiger partial charge in [-0.1, -0.05) is 31.4 Å². The van der Waals surface area contributed by atoms with E-state index in [0.29, 0.717) is 0 Å². The van der Waals surface area contributed by atoms with Crippen LogP contribution in [0.1, 0.15) is 5.56 Å². The van der Waals surface area contributed by atoms with E-state index in [0.717, 1.165) is 11.8 Å². The number of rotatable bonds is 4. The molecule has 1 aromatic carbocycles. The molecule has 0 aliphatic heterocycles. The van der Waals surface area contributed by atoms with Crippen molar-refractivity contribution in [1.82, 2.24) is 0 Å². The fraction of sp³-hybridized carbons (Fsp3) is 0. The molecule has 0 aromatic heterocycles. The molecule has 0 aliphatic carbocycles. The van der Waals surface area contributed by atoms with Crippen molar-refractivity contribution >= 4 is 45.8 Å². The molecule has 0 unspecified atom stereocenters. The zero-order valence-corrected chi connectivity index (χ0v) is 8.33. The fourth-order valence-electron chi connectivity index (χ4n) is 0.916. The van der Waals surface area contributed by atoms with E-state index in [1.807, 2.05) is 0 Å². The summed E-state index contributed by atoms with van der Waals surface area (Å²) < 4.78 is 27.0. The minimum absolute atomic E-state index is 0. The summed E-state index contributed by atoms with van der Waals surface area (Å²) in [5, 5.41) is 0. The molecular formula is C10H11NaO3S. The summed E-state index contributed by atoms with van der Waals surface area (Å²) in [6.45, 7) is 6.75. The van der Waals surface area contributed by atoms with Crippen molar-refractivity contribution in [3.05, 3.63) is 49.2 Å². The first-order valence-corrected chi connectivity index (χ1v) is 5.27. The van der Waals surface area contributed by atoms with Crippen molar-refractivity contribution in [2.24, 2.45) is 0 Å². The van der Waals surface area contributed by atoms with Gasteiger partial charge in [0.25, 0.3) is 0 Å². The van der Waals surface area contributed by atoms with Gasteiger partial charge in [-0.25, -0.2) is 0 Å². The number of hydrogen-bond donors (Lipinski definition) is 0. The van der Waals surface area contributed by atoms with Gasteiger partial charge in [-0.05, 0) is 17.7 Å². The van der Waals surface area contributed by atoms with E-state index in [-0.39, 0.29) is 34.5 Å². The first-order valence-electron chi connectivity index (χ1n) is 3.87. The monoisotopic (exact) mass is 234 g/mol. The van der Waals surface area contributed by atoms with E-state index < -0.39 is 10.1 Å². The molecule has 0 bridgehead atoms. The van der Waals surface area contributed by atoms with Crippen molar-refractivity contribution in [3.63, 3.8) is 0 Å². The minimum atomic E-state index is -3.69. The first kappa shape index (κ1) is 14.5. The molecule has 0 spiro atoms. The van der Waals surface area contributed by atoms with Crippen LogP contribution in [0.25, 0.3) is 6.08 Å². The average molecular weight is 234 g/mol. The summed E-state index contributed by atoms with van der Waals surface area (Å²) in [5.41, 5.74) is 0.850. The van der Waals surface area contributed by atoms with E-state index in [1.54, 1.807) is 18.2 Å². The van der Waals surface area contributed by atoms with Crippen molar-refractivity contribution in [1.29, 1.82) is 0 Å². The predicted molar refractivity (Wildman–Crippen MR) is 62.1 cm³/mol. The third kappa shape index (κ3) is 3.83. The van der Waals surface area contributed by atoms with Crippen molar-refractivity contribution < 1.29 is 12.6 Å². The first-order chi connectivity index (χ1) is 6.60. The summed E-state index contributed by atoms with van der Waals surface area (Å²) in [4.78, 5) is 0.100. The van der Waals surface area contributed by atoms with Gasteiger partial charge in [-0.3, -0.25) is 0 Å². The van der Waals surface area contributed by atoms with Crippen LogP contribution in [0.5, 0.6) is 0 Å². The van der Waals surface area contributed by atoms with E-state index >= 15 is 0 Å². The summed E-state index contributed by atoms with van der Waals surface area (Å²) >= 11 is 0. The van der Waals surface area contributed by atoms with Gasteiger partial charge in [0.2, 0.25) is 0 Å². The molecule has 5 heteroatoms. The van der Waals surface area contributed by atoms with Crippen molar-refractivity contribution in [2.45, 2.75) is 4.90 Å². The van der Waals surface area contributed by atoms with Crippen LogP contribution in [0.3, 0.4) is 0 Å². The normalized spacial score (nSPS) is 9.87. The second-order valence-corrected chi connectivity index (χ2v) is 4.06. The van der Waals surface area contributed by atoms with E-state index in [9.17, 15) is 8.42 Å². The average Bonchev–Trinajstić information content (AvgIpc) is 2.18. The summed E-state index contributed by atoms with van der Waals surface area (Å²) in [6, 6.07) is 6.20. The predicted octanol–water partition coefficient (Wildman–Crippen LogP) is 1.53. The molecule has 0 heterocycles. The van der Waals surface area contributed by atoms with Crippen LogP contribution in [0.4, 0.5) is 0 Å². The van der Waals surface area contributed by atoms with Crippen LogP contribution in [-0.2, 0) is 14.3 Å². The Morgan fingerprint density at radius 1 is 1.13 bits per heavy atom. The number of benzene rings is 1. The molecule has 0 amide bonds. The third-order valence-electron chi connectivity index (χ3n) is 1.60. The van der Waals surface area contributed by atoms with Crippen molar-refractivity contribution in [2.75, 3.05) is 0 Å². The Balaban J connectivity index is 0.00000196. The molecule has 76 valence electrons. The quantitative estimate of drug-likeness (QED) is 0.451. The van der Waals surface area contributed by atoms with E-state index in [1.165, 1.54) is 12.1 Å². The second-order valence-electron chi connectivity index (χ2n) is 2.49. The Kier molecular flexibility index (Phi) is 5.90. The molecular weight excluding hydrogens is 223 g/mol. The van der Waals surface area contributed by atoms with Gasteiger partial charge < -0.3 is 4.18 Å². The molecule has 3 nitrogen and oxygen atoms in total. The molecule has 0 N–H and O–H groups in total. The second kappa shape index (κ2) is 6.12. The van der Waals surface area contributed by atoms with Crippen LogP contribution in [0.15, 0.2) is 48.6 Å². The van der Waals surface area contributed by atoms with Gasteiger partial charge in [0.05, 0.1) is 6.26 Å². The van der Waals surface area contributed by atoms with E-state index in [2.05, 4.69) is 17.3 Å². The molecule has 0 radical (unpaired) electrons. The molecule has 0 fully saturated rings. The van der Waals surface area contributed by atoms with E-state index in [4.69, 9.17) is 0 Å². The molecule has 0 saturated heterocycles. The maximum absolute atomic E-state index is 11.3. The molecule has 15 heavy (non-hydrogen) atoms. The summed E-state index contributed by atoms with van der Waals surface area (Å²) in [5.74, 6) is 0. The fourth-order valence-corrected chi connectivity index (χ4v) is 1.68. The Morgan fingerprint density at radius 2 is 1.67 bits per heavy atom. The SMILES string of the molecule is C=COS(=O)(=O)c1ccc(C=C)cc1.[NaH]. The molecule has 1 aromatic rings. The molecule has 1 rings (SSSR count). The molecule has 0 saturated carbocycles. The van der Waals surface area contributed by atoms with Crippen LogP contribution in [0, 0.1) is 0 Å². The van der Waals surface area contributed by atoms with Gasteiger partial charge in [-0.15, -0.1) is 0 Å². The summed E-state index contributed by atoms with van der Waals surface area (Å²) in [6.07, 6.45) is 2.52. The van der Waals surface area contributed by atoms with Crippen LogP contribution < -0.4 is 0 Å². The van der Waals surface area contributed by atoms with Crippen molar-refractivity contribution in [3.8, 4) is 0 Å². The summed E-state index contributed by atoms with van der Waals surface area (Å²) in [7, 11) is -3.69. The van der Waals surface area contributed by atoms with Gasteiger partial charge >= 0.3 is 39.7 Å². The zero-order chi connectivity index (χ0) is 10.6. The molecule has 0 atom stereocenters. The Morgan fingerprint density at radius 3 is 2.07 bits per heavy atom. The topological polar surface area (TPSA) is 43.4 Å². The van der Waals surface area contributed by atoms with Gasteiger partial charge in [-0.2, -0.15) is 8.42 Å². The Labute approximate surface area is 112 Å². The van der Waals surface area contributed by atoms with Crippen LogP contribution in [0.2, 0.25) is 0 Å². The zero-order valence-electron chi connectivity index (χ0n) is 7.51. The Hall–Kier alpha value is -0.550. The van der Waals surface area contributed by atoms with Crippen LogP contribution in [-0.4, -0.2) is 38.0 Å². The van der Waals surface area contributed by atoms with Gasteiger partial charge in [0, 0.05) is 0 Å². The Bertz CT molecular complexity index is 434. The van der Waals surface area contributed by atoms with Gasteiger partial charge in [0.1, 0.15) is 4.90 Å². The maximum atomic E-state index is 11.3.